The lowest BCUT2D eigenvalue weighted by atomic mass is 9.54. The van der Waals surface area contributed by atoms with Crippen molar-refractivity contribution in [2.45, 2.75) is 59.0 Å². The second-order valence-corrected chi connectivity index (χ2v) is 8.74. The Morgan fingerprint density at radius 3 is 2.52 bits per heavy atom. The van der Waals surface area contributed by atoms with Crippen molar-refractivity contribution in [1.29, 1.82) is 0 Å². The third-order valence-electron chi connectivity index (χ3n) is 7.17. The van der Waals surface area contributed by atoms with Crippen LogP contribution >= 0.6 is 0 Å². The van der Waals surface area contributed by atoms with Crippen LogP contribution in [0, 0.1) is 28.6 Å². The molecular formula is C20H32O3. The monoisotopic (exact) mass is 320 g/mol. The van der Waals surface area contributed by atoms with Gasteiger partial charge in [0.15, 0.2) is 0 Å². The third-order valence-corrected chi connectivity index (χ3v) is 7.17. The van der Waals surface area contributed by atoms with Crippen LogP contribution in [0.1, 0.15) is 52.9 Å². The van der Waals surface area contributed by atoms with Crippen molar-refractivity contribution in [3.05, 3.63) is 23.3 Å². The molecule has 1 saturated carbocycles. The quantitative estimate of drug-likeness (QED) is 0.749. The van der Waals surface area contributed by atoms with Crippen molar-refractivity contribution in [3.63, 3.8) is 0 Å². The van der Waals surface area contributed by atoms with E-state index in [9.17, 15) is 15.3 Å². The SMILES string of the molecule is CC1(C)C=CC2=C1CCC(C1(C)CCC(O)CC1CO)C2CO. The molecule has 0 aliphatic heterocycles. The van der Waals surface area contributed by atoms with Crippen LogP contribution in [0.25, 0.3) is 0 Å². The van der Waals surface area contributed by atoms with Gasteiger partial charge in [0.25, 0.3) is 0 Å². The predicted octanol–water partition coefficient (Wildman–Crippen LogP) is 3.06. The highest BCUT2D eigenvalue weighted by Gasteiger charge is 2.50. The Morgan fingerprint density at radius 1 is 1.13 bits per heavy atom. The summed E-state index contributed by atoms with van der Waals surface area (Å²) in [4.78, 5) is 0. The molecule has 130 valence electrons. The lowest BCUT2D eigenvalue weighted by Crippen LogP contribution is -2.48. The summed E-state index contributed by atoms with van der Waals surface area (Å²) in [7, 11) is 0. The Bertz CT molecular complexity index is 519. The molecule has 0 amide bonds. The number of aliphatic hydroxyl groups is 3. The zero-order valence-corrected chi connectivity index (χ0v) is 14.8. The first kappa shape index (κ1) is 17.2. The molecule has 5 unspecified atom stereocenters. The van der Waals surface area contributed by atoms with Crippen LogP contribution in [0.15, 0.2) is 23.3 Å². The molecule has 3 rings (SSSR count). The molecule has 1 fully saturated rings. The zero-order chi connectivity index (χ0) is 16.8. The zero-order valence-electron chi connectivity index (χ0n) is 14.8. The Labute approximate surface area is 140 Å². The second kappa shape index (κ2) is 6.02. The van der Waals surface area contributed by atoms with E-state index in [0.29, 0.717) is 12.3 Å². The highest BCUT2D eigenvalue weighted by Crippen LogP contribution is 2.57. The molecular weight excluding hydrogens is 288 g/mol. The van der Waals surface area contributed by atoms with E-state index in [1.807, 2.05) is 0 Å². The maximum absolute atomic E-state index is 10.2. The molecule has 0 aromatic carbocycles. The number of rotatable bonds is 3. The van der Waals surface area contributed by atoms with E-state index in [-0.39, 0.29) is 42.0 Å². The number of hydrogen-bond donors (Lipinski definition) is 3. The van der Waals surface area contributed by atoms with Gasteiger partial charge in [0.2, 0.25) is 0 Å². The fourth-order valence-corrected chi connectivity index (χ4v) is 5.59. The highest BCUT2D eigenvalue weighted by atomic mass is 16.3. The van der Waals surface area contributed by atoms with Gasteiger partial charge in [0.05, 0.1) is 12.7 Å². The Morgan fingerprint density at radius 2 is 1.87 bits per heavy atom. The summed E-state index contributed by atoms with van der Waals surface area (Å²) < 4.78 is 0. The fraction of sp³-hybridized carbons (Fsp3) is 0.800. The average Bonchev–Trinajstić information content (AvgIpc) is 2.84. The Hall–Kier alpha value is -0.640. The lowest BCUT2D eigenvalue weighted by molar-refractivity contribution is -0.0636. The van der Waals surface area contributed by atoms with E-state index < -0.39 is 0 Å². The van der Waals surface area contributed by atoms with Gasteiger partial charge in [-0.2, -0.15) is 0 Å². The van der Waals surface area contributed by atoms with Crippen LogP contribution in [-0.2, 0) is 0 Å². The summed E-state index contributed by atoms with van der Waals surface area (Å²) in [5.41, 5.74) is 2.96. The van der Waals surface area contributed by atoms with Crippen LogP contribution in [0.5, 0.6) is 0 Å². The molecule has 0 aromatic heterocycles. The van der Waals surface area contributed by atoms with Crippen LogP contribution in [0.4, 0.5) is 0 Å². The predicted molar refractivity (Wildman–Crippen MR) is 91.8 cm³/mol. The maximum Gasteiger partial charge on any atom is 0.0544 e. The summed E-state index contributed by atoms with van der Waals surface area (Å²) in [6.45, 7) is 7.11. The largest absolute Gasteiger partial charge is 0.396 e. The molecule has 3 aliphatic carbocycles. The van der Waals surface area contributed by atoms with Crippen molar-refractivity contribution >= 4 is 0 Å². The molecule has 3 heteroatoms. The standard InChI is InChI=1S/C20H32O3/c1-19(2)8-7-15-16(12-22)18(5-4-17(15)19)20(3)9-6-14(23)10-13(20)11-21/h7-8,13-14,16,18,21-23H,4-6,9-12H2,1-3H3. The summed E-state index contributed by atoms with van der Waals surface area (Å²) >= 11 is 0. The van der Waals surface area contributed by atoms with Crippen LogP contribution in [-0.4, -0.2) is 34.6 Å². The van der Waals surface area contributed by atoms with Gasteiger partial charge in [0, 0.05) is 17.9 Å². The van der Waals surface area contributed by atoms with Crippen LogP contribution in [0.3, 0.4) is 0 Å². The minimum atomic E-state index is -0.281. The van der Waals surface area contributed by atoms with E-state index >= 15 is 0 Å². The fourth-order valence-electron chi connectivity index (χ4n) is 5.59. The molecule has 23 heavy (non-hydrogen) atoms. The van der Waals surface area contributed by atoms with E-state index in [0.717, 1.165) is 25.7 Å². The van der Waals surface area contributed by atoms with Gasteiger partial charge < -0.3 is 15.3 Å². The van der Waals surface area contributed by atoms with Crippen molar-refractivity contribution in [2.75, 3.05) is 13.2 Å². The Balaban J connectivity index is 1.93. The van der Waals surface area contributed by atoms with Crippen molar-refractivity contribution < 1.29 is 15.3 Å². The van der Waals surface area contributed by atoms with Crippen molar-refractivity contribution in [1.82, 2.24) is 0 Å². The lowest BCUT2D eigenvalue weighted by Gasteiger charge is -2.52. The normalized spacial score (nSPS) is 42.9. The van der Waals surface area contributed by atoms with Gasteiger partial charge in [0.1, 0.15) is 0 Å². The molecule has 0 radical (unpaired) electrons. The van der Waals surface area contributed by atoms with Gasteiger partial charge in [-0.25, -0.2) is 0 Å². The average molecular weight is 320 g/mol. The van der Waals surface area contributed by atoms with Gasteiger partial charge in [-0.15, -0.1) is 0 Å². The van der Waals surface area contributed by atoms with Gasteiger partial charge in [-0.05, 0) is 54.9 Å². The first-order valence-electron chi connectivity index (χ1n) is 9.16. The van der Waals surface area contributed by atoms with E-state index in [4.69, 9.17) is 0 Å². The smallest absolute Gasteiger partial charge is 0.0544 e. The van der Waals surface area contributed by atoms with Gasteiger partial charge >= 0.3 is 0 Å². The van der Waals surface area contributed by atoms with E-state index in [1.165, 1.54) is 11.1 Å². The molecule has 0 aromatic rings. The van der Waals surface area contributed by atoms with Crippen LogP contribution in [0.2, 0.25) is 0 Å². The molecule has 3 nitrogen and oxygen atoms in total. The summed E-state index contributed by atoms with van der Waals surface area (Å²) in [5.74, 6) is 0.686. The number of aliphatic hydroxyl groups excluding tert-OH is 3. The topological polar surface area (TPSA) is 60.7 Å². The first-order valence-corrected chi connectivity index (χ1v) is 9.16. The number of allylic oxidation sites excluding steroid dienone is 3. The van der Waals surface area contributed by atoms with Crippen molar-refractivity contribution in [2.24, 2.45) is 28.6 Å². The minimum Gasteiger partial charge on any atom is -0.396 e. The third kappa shape index (κ3) is 2.71. The Kier molecular flexibility index (Phi) is 4.50. The second-order valence-electron chi connectivity index (χ2n) is 8.74. The van der Waals surface area contributed by atoms with E-state index in [2.05, 4.69) is 32.9 Å². The summed E-state index contributed by atoms with van der Waals surface area (Å²) in [5, 5.41) is 30.1. The number of hydrogen-bond acceptors (Lipinski definition) is 3. The molecule has 0 heterocycles. The molecule has 3 N–H and O–H groups in total. The molecule has 0 bridgehead atoms. The van der Waals surface area contributed by atoms with Crippen LogP contribution < -0.4 is 0 Å². The maximum atomic E-state index is 10.2. The van der Waals surface area contributed by atoms with Gasteiger partial charge in [-0.1, -0.05) is 38.5 Å². The summed E-state index contributed by atoms with van der Waals surface area (Å²) in [6, 6.07) is 0. The molecule has 0 saturated heterocycles. The first-order chi connectivity index (χ1) is 10.8. The van der Waals surface area contributed by atoms with Crippen molar-refractivity contribution in [3.8, 4) is 0 Å². The molecule has 5 atom stereocenters. The minimum absolute atomic E-state index is 0.000476. The van der Waals surface area contributed by atoms with Gasteiger partial charge in [-0.3, -0.25) is 0 Å². The summed E-state index contributed by atoms with van der Waals surface area (Å²) in [6.07, 6.45) is 8.85. The molecule has 3 aliphatic rings. The van der Waals surface area contributed by atoms with E-state index in [1.54, 1.807) is 0 Å². The molecule has 0 spiro atoms. The highest BCUT2D eigenvalue weighted by molar-refractivity contribution is 5.44.